The predicted octanol–water partition coefficient (Wildman–Crippen LogP) is 0.759. The zero-order valence-corrected chi connectivity index (χ0v) is 10.2. The highest BCUT2D eigenvalue weighted by Crippen LogP contribution is 2.09. The summed E-state index contributed by atoms with van der Waals surface area (Å²) in [5, 5.41) is 4.10. The van der Waals surface area contributed by atoms with Gasteiger partial charge in [0.1, 0.15) is 0 Å². The van der Waals surface area contributed by atoms with E-state index in [1.807, 2.05) is 24.3 Å². The summed E-state index contributed by atoms with van der Waals surface area (Å²) in [7, 11) is 1.52. The van der Waals surface area contributed by atoms with Crippen molar-refractivity contribution in [3.63, 3.8) is 0 Å². The number of ether oxygens (including phenoxy) is 1. The standard InChI is InChI=1S/C13H15N3O2/c1-18-12-6-7-13(17)16(15-12)9-11-5-3-2-4-10(11)8-14/h2-7H,8-9,14H2,1H3. The van der Waals surface area contributed by atoms with Crippen molar-refractivity contribution in [1.29, 1.82) is 0 Å². The van der Waals surface area contributed by atoms with Crippen LogP contribution in [0.25, 0.3) is 0 Å². The molecule has 0 aliphatic heterocycles. The van der Waals surface area contributed by atoms with E-state index in [1.54, 1.807) is 6.07 Å². The average molecular weight is 245 g/mol. The van der Waals surface area contributed by atoms with E-state index in [1.165, 1.54) is 17.9 Å². The highest BCUT2D eigenvalue weighted by Gasteiger charge is 2.05. The van der Waals surface area contributed by atoms with E-state index in [0.717, 1.165) is 11.1 Å². The van der Waals surface area contributed by atoms with Crippen molar-refractivity contribution in [2.75, 3.05) is 7.11 Å². The largest absolute Gasteiger partial charge is 0.480 e. The monoisotopic (exact) mass is 245 g/mol. The van der Waals surface area contributed by atoms with Crippen LogP contribution in [0.2, 0.25) is 0 Å². The summed E-state index contributed by atoms with van der Waals surface area (Å²) < 4.78 is 6.38. The van der Waals surface area contributed by atoms with Crippen molar-refractivity contribution in [3.8, 4) is 5.88 Å². The van der Waals surface area contributed by atoms with Gasteiger partial charge in [0.2, 0.25) is 5.88 Å². The molecule has 2 N–H and O–H groups in total. The number of rotatable bonds is 4. The predicted molar refractivity (Wildman–Crippen MR) is 68.5 cm³/mol. The van der Waals surface area contributed by atoms with E-state index in [2.05, 4.69) is 5.10 Å². The van der Waals surface area contributed by atoms with Crippen LogP contribution in [0.3, 0.4) is 0 Å². The van der Waals surface area contributed by atoms with E-state index in [0.29, 0.717) is 19.0 Å². The van der Waals surface area contributed by atoms with E-state index in [4.69, 9.17) is 10.5 Å². The molecule has 0 atom stereocenters. The van der Waals surface area contributed by atoms with Gasteiger partial charge in [0.25, 0.3) is 5.56 Å². The second kappa shape index (κ2) is 5.46. The Bertz CT molecular complexity index is 593. The maximum Gasteiger partial charge on any atom is 0.267 e. The molecule has 0 saturated heterocycles. The van der Waals surface area contributed by atoms with Gasteiger partial charge in [-0.25, -0.2) is 4.68 Å². The number of nitrogens with two attached hydrogens (primary N) is 1. The molecular formula is C13H15N3O2. The molecular weight excluding hydrogens is 230 g/mol. The Labute approximate surface area is 105 Å². The Morgan fingerprint density at radius 3 is 2.61 bits per heavy atom. The van der Waals surface area contributed by atoms with Crippen molar-refractivity contribution in [2.45, 2.75) is 13.1 Å². The minimum atomic E-state index is -0.164. The highest BCUT2D eigenvalue weighted by molar-refractivity contribution is 5.27. The van der Waals surface area contributed by atoms with Gasteiger partial charge in [-0.3, -0.25) is 4.79 Å². The SMILES string of the molecule is COc1ccc(=O)n(Cc2ccccc2CN)n1. The van der Waals surface area contributed by atoms with Gasteiger partial charge < -0.3 is 10.5 Å². The first kappa shape index (κ1) is 12.3. The third-order valence-electron chi connectivity index (χ3n) is 2.71. The molecule has 5 nitrogen and oxygen atoms in total. The molecule has 2 aromatic rings. The van der Waals surface area contributed by atoms with Crippen molar-refractivity contribution < 1.29 is 4.74 Å². The lowest BCUT2D eigenvalue weighted by molar-refractivity contribution is 0.378. The molecule has 2 rings (SSSR count). The Balaban J connectivity index is 2.36. The van der Waals surface area contributed by atoms with Gasteiger partial charge in [-0.2, -0.15) is 0 Å². The summed E-state index contributed by atoms with van der Waals surface area (Å²) in [4.78, 5) is 11.7. The molecule has 0 bridgehead atoms. The molecule has 0 radical (unpaired) electrons. The lowest BCUT2D eigenvalue weighted by Gasteiger charge is -2.09. The summed E-state index contributed by atoms with van der Waals surface area (Å²) in [5.74, 6) is 0.417. The Morgan fingerprint density at radius 1 is 1.22 bits per heavy atom. The lowest BCUT2D eigenvalue weighted by atomic mass is 10.1. The summed E-state index contributed by atoms with van der Waals surface area (Å²) in [6.07, 6.45) is 0. The minimum absolute atomic E-state index is 0.164. The Kier molecular flexibility index (Phi) is 3.74. The van der Waals surface area contributed by atoms with Gasteiger partial charge in [0.05, 0.1) is 13.7 Å². The fourth-order valence-electron chi connectivity index (χ4n) is 1.72. The average Bonchev–Trinajstić information content (AvgIpc) is 2.42. The van der Waals surface area contributed by atoms with Crippen LogP contribution in [-0.4, -0.2) is 16.9 Å². The summed E-state index contributed by atoms with van der Waals surface area (Å²) >= 11 is 0. The molecule has 0 spiro atoms. The van der Waals surface area contributed by atoms with E-state index < -0.39 is 0 Å². The summed E-state index contributed by atoms with van der Waals surface area (Å²) in [5.41, 5.74) is 7.50. The summed E-state index contributed by atoms with van der Waals surface area (Å²) in [6.45, 7) is 0.832. The van der Waals surface area contributed by atoms with Crippen LogP contribution in [-0.2, 0) is 13.1 Å². The number of hydrogen-bond donors (Lipinski definition) is 1. The number of aromatic nitrogens is 2. The number of benzene rings is 1. The van der Waals surface area contributed by atoms with Crippen molar-refractivity contribution in [3.05, 3.63) is 57.9 Å². The smallest absolute Gasteiger partial charge is 0.267 e. The first-order chi connectivity index (χ1) is 8.74. The van der Waals surface area contributed by atoms with E-state index >= 15 is 0 Å². The first-order valence-electron chi connectivity index (χ1n) is 5.63. The van der Waals surface area contributed by atoms with Crippen molar-refractivity contribution in [1.82, 2.24) is 9.78 Å². The molecule has 1 aromatic heterocycles. The first-order valence-corrected chi connectivity index (χ1v) is 5.63. The fourth-order valence-corrected chi connectivity index (χ4v) is 1.72. The molecule has 5 heteroatoms. The maximum absolute atomic E-state index is 11.7. The van der Waals surface area contributed by atoms with Crippen molar-refractivity contribution >= 4 is 0 Å². The second-order valence-electron chi connectivity index (χ2n) is 3.84. The fraction of sp³-hybridized carbons (Fsp3) is 0.231. The number of methoxy groups -OCH3 is 1. The molecule has 0 fully saturated rings. The molecule has 1 heterocycles. The van der Waals surface area contributed by atoms with Gasteiger partial charge in [0, 0.05) is 18.7 Å². The third-order valence-corrected chi connectivity index (χ3v) is 2.71. The zero-order chi connectivity index (χ0) is 13.0. The zero-order valence-electron chi connectivity index (χ0n) is 10.2. The molecule has 1 aromatic carbocycles. The van der Waals surface area contributed by atoms with Crippen LogP contribution in [0.15, 0.2) is 41.2 Å². The molecule has 0 aliphatic rings. The Hall–Kier alpha value is -2.14. The number of nitrogens with zero attached hydrogens (tertiary/aromatic N) is 2. The number of hydrogen-bond acceptors (Lipinski definition) is 4. The van der Waals surface area contributed by atoms with Crippen LogP contribution in [0.4, 0.5) is 0 Å². The molecule has 0 aliphatic carbocycles. The van der Waals surface area contributed by atoms with Crippen molar-refractivity contribution in [2.24, 2.45) is 5.73 Å². The molecule has 0 amide bonds. The highest BCUT2D eigenvalue weighted by atomic mass is 16.5. The third kappa shape index (κ3) is 2.57. The molecule has 0 saturated carbocycles. The molecule has 94 valence electrons. The van der Waals surface area contributed by atoms with Gasteiger partial charge in [-0.1, -0.05) is 24.3 Å². The van der Waals surface area contributed by atoms with E-state index in [-0.39, 0.29) is 5.56 Å². The maximum atomic E-state index is 11.7. The van der Waals surface area contributed by atoms with Gasteiger partial charge in [0.15, 0.2) is 0 Å². The summed E-state index contributed by atoms with van der Waals surface area (Å²) in [6, 6.07) is 10.7. The second-order valence-corrected chi connectivity index (χ2v) is 3.84. The minimum Gasteiger partial charge on any atom is -0.480 e. The molecule has 18 heavy (non-hydrogen) atoms. The van der Waals surface area contributed by atoms with Gasteiger partial charge in [-0.15, -0.1) is 5.10 Å². The quantitative estimate of drug-likeness (QED) is 0.863. The van der Waals surface area contributed by atoms with Crippen LogP contribution < -0.4 is 16.0 Å². The van der Waals surface area contributed by atoms with Gasteiger partial charge >= 0.3 is 0 Å². The van der Waals surface area contributed by atoms with Crippen LogP contribution in [0.5, 0.6) is 5.88 Å². The lowest BCUT2D eigenvalue weighted by Crippen LogP contribution is -2.23. The van der Waals surface area contributed by atoms with Crippen LogP contribution >= 0.6 is 0 Å². The topological polar surface area (TPSA) is 70.1 Å². The van der Waals surface area contributed by atoms with Crippen LogP contribution in [0, 0.1) is 0 Å². The van der Waals surface area contributed by atoms with Crippen LogP contribution in [0.1, 0.15) is 11.1 Å². The molecule has 0 unspecified atom stereocenters. The Morgan fingerprint density at radius 2 is 1.94 bits per heavy atom. The van der Waals surface area contributed by atoms with Gasteiger partial charge in [-0.05, 0) is 11.1 Å². The normalized spacial score (nSPS) is 10.3. The van der Waals surface area contributed by atoms with E-state index in [9.17, 15) is 4.79 Å².